The molecule has 0 radical (unpaired) electrons. The zero-order valence-corrected chi connectivity index (χ0v) is 13.3. The molecule has 1 heterocycles. The summed E-state index contributed by atoms with van der Waals surface area (Å²) >= 11 is 5.80. The Hall–Kier alpha value is -1.97. The van der Waals surface area contributed by atoms with Crippen molar-refractivity contribution in [2.45, 2.75) is 19.1 Å². The molecule has 0 saturated heterocycles. The lowest BCUT2D eigenvalue weighted by molar-refractivity contribution is -0.0659. The van der Waals surface area contributed by atoms with Crippen molar-refractivity contribution >= 4 is 11.6 Å². The van der Waals surface area contributed by atoms with E-state index in [4.69, 9.17) is 11.6 Å². The minimum atomic E-state index is -1.95. The van der Waals surface area contributed by atoms with E-state index in [2.05, 4.69) is 21.9 Å². The molecule has 7 heteroatoms. The third kappa shape index (κ3) is 3.87. The zero-order valence-electron chi connectivity index (χ0n) is 12.5. The van der Waals surface area contributed by atoms with E-state index in [1.807, 2.05) is 0 Å². The summed E-state index contributed by atoms with van der Waals surface area (Å²) in [4.78, 5) is 3.76. The maximum absolute atomic E-state index is 13.4. The fourth-order valence-corrected chi connectivity index (χ4v) is 2.02. The molecule has 0 fully saturated rings. The first-order valence-electron chi connectivity index (χ1n) is 6.88. The second-order valence-corrected chi connectivity index (χ2v) is 5.97. The highest BCUT2D eigenvalue weighted by Gasteiger charge is 2.47. The molecule has 0 aliphatic carbocycles. The highest BCUT2D eigenvalue weighted by Crippen LogP contribution is 2.34. The molecular formula is C16H16ClF2N3O. The largest absolute Gasteiger partial charge is 0.375 e. The van der Waals surface area contributed by atoms with Crippen LogP contribution >= 0.6 is 11.6 Å². The molecular weight excluding hydrogens is 324 g/mol. The molecule has 1 N–H and O–H groups in total. The molecule has 0 spiro atoms. The fourth-order valence-electron chi connectivity index (χ4n) is 1.90. The van der Waals surface area contributed by atoms with E-state index in [1.165, 1.54) is 24.3 Å². The summed E-state index contributed by atoms with van der Waals surface area (Å²) in [5, 5.41) is 15.3. The number of hydrogen-bond acceptors (Lipinski definition) is 3. The van der Waals surface area contributed by atoms with E-state index >= 15 is 0 Å². The lowest BCUT2D eigenvalue weighted by atomic mass is 9.75. The minimum Gasteiger partial charge on any atom is -0.375 e. The predicted molar refractivity (Wildman–Crippen MR) is 83.4 cm³/mol. The van der Waals surface area contributed by atoms with E-state index < -0.39 is 24.4 Å². The van der Waals surface area contributed by atoms with Crippen LogP contribution in [-0.4, -0.2) is 38.8 Å². The van der Waals surface area contributed by atoms with Gasteiger partial charge < -0.3 is 5.11 Å². The third-order valence-electron chi connectivity index (χ3n) is 3.70. The third-order valence-corrected chi connectivity index (χ3v) is 3.96. The molecule has 1 atom stereocenters. The molecule has 23 heavy (non-hydrogen) atoms. The molecule has 0 saturated carbocycles. The van der Waals surface area contributed by atoms with Crippen LogP contribution < -0.4 is 0 Å². The molecule has 0 amide bonds. The van der Waals surface area contributed by atoms with Crippen LogP contribution in [0.15, 0.2) is 36.9 Å². The fraction of sp³-hybridized carbons (Fsp3) is 0.375. The topological polar surface area (TPSA) is 50.9 Å². The van der Waals surface area contributed by atoms with Crippen LogP contribution in [-0.2, 0) is 6.54 Å². The van der Waals surface area contributed by atoms with Crippen molar-refractivity contribution < 1.29 is 13.9 Å². The van der Waals surface area contributed by atoms with Gasteiger partial charge in [-0.25, -0.2) is 9.67 Å². The Morgan fingerprint density at radius 2 is 1.91 bits per heavy atom. The molecule has 122 valence electrons. The number of alkyl halides is 2. The number of benzene rings is 1. The van der Waals surface area contributed by atoms with E-state index in [1.54, 1.807) is 24.3 Å². The Morgan fingerprint density at radius 3 is 2.43 bits per heavy atom. The summed E-state index contributed by atoms with van der Waals surface area (Å²) in [6, 6.07) is 6.61. The van der Waals surface area contributed by atoms with Crippen LogP contribution in [0.25, 0.3) is 0 Å². The molecule has 1 aromatic heterocycles. The first kappa shape index (κ1) is 17.4. The van der Waals surface area contributed by atoms with Gasteiger partial charge in [-0.15, -0.1) is 0 Å². The summed E-state index contributed by atoms with van der Waals surface area (Å²) < 4.78 is 28.1. The highest BCUT2D eigenvalue weighted by molar-refractivity contribution is 6.30. The van der Waals surface area contributed by atoms with Crippen molar-refractivity contribution in [1.82, 2.24) is 14.8 Å². The van der Waals surface area contributed by atoms with Gasteiger partial charge in [0.05, 0.1) is 12.0 Å². The first-order valence-corrected chi connectivity index (χ1v) is 7.26. The summed E-state index contributed by atoms with van der Waals surface area (Å²) in [5.74, 6) is 5.35. The summed E-state index contributed by atoms with van der Waals surface area (Å²) in [5.41, 5.74) is -3.06. The van der Waals surface area contributed by atoms with E-state index in [0.717, 1.165) is 0 Å². The minimum absolute atomic E-state index is 0.196. The number of nitrogens with zero attached hydrogens (tertiary/aromatic N) is 3. The maximum Gasteiger partial charge on any atom is 0.155 e. The number of hydrogen-bond donors (Lipinski definition) is 1. The second-order valence-electron chi connectivity index (χ2n) is 5.54. The molecule has 0 aliphatic rings. The van der Waals surface area contributed by atoms with E-state index in [0.29, 0.717) is 10.6 Å². The van der Waals surface area contributed by atoms with Crippen molar-refractivity contribution in [2.24, 2.45) is 5.41 Å². The normalized spacial score (nSPS) is 14.0. The Kier molecular flexibility index (Phi) is 5.34. The van der Waals surface area contributed by atoms with Crippen LogP contribution in [0.3, 0.4) is 0 Å². The van der Waals surface area contributed by atoms with E-state index in [-0.39, 0.29) is 6.54 Å². The van der Waals surface area contributed by atoms with Crippen LogP contribution in [0.1, 0.15) is 12.5 Å². The molecule has 0 bridgehead atoms. The van der Waals surface area contributed by atoms with Gasteiger partial charge in [-0.05, 0) is 24.3 Å². The summed E-state index contributed by atoms with van der Waals surface area (Å²) in [6.45, 7) is -1.02. The van der Waals surface area contributed by atoms with E-state index in [9.17, 15) is 13.9 Å². The number of aliphatic hydroxyl groups is 1. The Bertz CT molecular complexity index is 690. The van der Waals surface area contributed by atoms with Gasteiger partial charge in [0.2, 0.25) is 0 Å². The number of halogens is 3. The molecule has 2 aromatic rings. The van der Waals surface area contributed by atoms with Gasteiger partial charge in [0.1, 0.15) is 26.0 Å². The van der Waals surface area contributed by atoms with Gasteiger partial charge in [0.25, 0.3) is 0 Å². The van der Waals surface area contributed by atoms with Crippen molar-refractivity contribution in [3.8, 4) is 11.8 Å². The molecule has 0 aliphatic heterocycles. The van der Waals surface area contributed by atoms with Crippen LogP contribution in [0, 0.1) is 17.3 Å². The van der Waals surface area contributed by atoms with Crippen LogP contribution in [0.2, 0.25) is 5.02 Å². The highest BCUT2D eigenvalue weighted by atomic mass is 35.5. The number of rotatable bonds is 5. The zero-order chi connectivity index (χ0) is 16.9. The Labute approximate surface area is 138 Å². The molecule has 1 aromatic carbocycles. The quantitative estimate of drug-likeness (QED) is 0.852. The van der Waals surface area contributed by atoms with Gasteiger partial charge >= 0.3 is 0 Å². The number of aromatic nitrogens is 3. The summed E-state index contributed by atoms with van der Waals surface area (Å²) in [6.07, 6.45) is 2.63. The van der Waals surface area contributed by atoms with Gasteiger partial charge in [0.15, 0.2) is 5.60 Å². The lowest BCUT2D eigenvalue weighted by Crippen LogP contribution is -2.51. The van der Waals surface area contributed by atoms with Crippen molar-refractivity contribution in [3.63, 3.8) is 0 Å². The van der Waals surface area contributed by atoms with Crippen LogP contribution in [0.4, 0.5) is 8.78 Å². The maximum atomic E-state index is 13.4. The van der Waals surface area contributed by atoms with Crippen molar-refractivity contribution in [1.29, 1.82) is 0 Å². The Morgan fingerprint density at radius 1 is 1.26 bits per heavy atom. The standard InChI is InChI=1S/C16H16ClF2N3O/c1-15(8-18,9-19)16(23,10-22-12-20-11-21-22)7-6-13-2-4-14(17)5-3-13/h2-5,11-12,23H,8-10H2,1H3. The first-order chi connectivity index (χ1) is 10.9. The van der Waals surface area contributed by atoms with Crippen molar-refractivity contribution in [2.75, 3.05) is 13.3 Å². The Balaban J connectivity index is 2.39. The van der Waals surface area contributed by atoms with Gasteiger partial charge in [-0.1, -0.05) is 30.4 Å². The average Bonchev–Trinajstić information content (AvgIpc) is 3.06. The van der Waals surface area contributed by atoms with Gasteiger partial charge in [-0.2, -0.15) is 5.10 Å². The monoisotopic (exact) mass is 339 g/mol. The smallest absolute Gasteiger partial charge is 0.155 e. The van der Waals surface area contributed by atoms with Gasteiger partial charge in [-0.3, -0.25) is 8.78 Å². The van der Waals surface area contributed by atoms with Gasteiger partial charge in [0, 0.05) is 10.6 Å². The average molecular weight is 340 g/mol. The molecule has 1 unspecified atom stereocenters. The second kappa shape index (κ2) is 7.07. The summed E-state index contributed by atoms with van der Waals surface area (Å²) in [7, 11) is 0. The van der Waals surface area contributed by atoms with Crippen molar-refractivity contribution in [3.05, 3.63) is 47.5 Å². The SMILES string of the molecule is CC(CF)(CF)C(O)(C#Cc1ccc(Cl)cc1)Cn1cncn1. The molecule has 2 rings (SSSR count). The molecule has 4 nitrogen and oxygen atoms in total. The lowest BCUT2D eigenvalue weighted by Gasteiger charge is -2.37. The van der Waals surface area contributed by atoms with Crippen LogP contribution in [0.5, 0.6) is 0 Å². The predicted octanol–water partition coefficient (Wildman–Crippen LogP) is 2.66.